The van der Waals surface area contributed by atoms with E-state index in [1.165, 1.54) is 0 Å². The number of carbonyl (C=O) groups excluding carboxylic acids is 1. The lowest BCUT2D eigenvalue weighted by Gasteiger charge is -2.17. The maximum atomic E-state index is 10.8. The summed E-state index contributed by atoms with van der Waals surface area (Å²) in [4.78, 5) is 10.8. The molecule has 3 N–H and O–H groups in total. The predicted molar refractivity (Wildman–Crippen MR) is 52.2 cm³/mol. The summed E-state index contributed by atoms with van der Waals surface area (Å²) in [6.45, 7) is 0.0659. The Morgan fingerprint density at radius 1 is 1.46 bits per heavy atom. The SMILES string of the molecule is Cl.Nc1ccc2c(c1)OCC(=O)N2. The first-order chi connectivity index (χ1) is 5.75. The summed E-state index contributed by atoms with van der Waals surface area (Å²) in [5, 5.41) is 2.67. The summed E-state index contributed by atoms with van der Waals surface area (Å²) < 4.78 is 5.12. The van der Waals surface area contributed by atoms with Crippen molar-refractivity contribution in [1.82, 2.24) is 0 Å². The maximum absolute atomic E-state index is 10.8. The number of hydrogen-bond acceptors (Lipinski definition) is 3. The third-order valence-corrected chi connectivity index (χ3v) is 1.64. The smallest absolute Gasteiger partial charge is 0.262 e. The highest BCUT2D eigenvalue weighted by Gasteiger charge is 2.14. The normalized spacial score (nSPS) is 13.4. The zero-order chi connectivity index (χ0) is 8.55. The molecule has 5 heteroatoms. The molecule has 1 amide bonds. The summed E-state index contributed by atoms with van der Waals surface area (Å²) in [5.41, 5.74) is 6.83. The van der Waals surface area contributed by atoms with Crippen molar-refractivity contribution < 1.29 is 9.53 Å². The number of ether oxygens (including phenoxy) is 1. The summed E-state index contributed by atoms with van der Waals surface area (Å²) >= 11 is 0. The van der Waals surface area contributed by atoms with Crippen LogP contribution in [-0.4, -0.2) is 12.5 Å². The molecule has 0 bridgehead atoms. The quantitative estimate of drug-likeness (QED) is 0.615. The van der Waals surface area contributed by atoms with Crippen LogP contribution in [0.4, 0.5) is 11.4 Å². The number of nitrogens with two attached hydrogens (primary N) is 1. The van der Waals surface area contributed by atoms with Crippen LogP contribution in [-0.2, 0) is 4.79 Å². The molecule has 0 atom stereocenters. The van der Waals surface area contributed by atoms with Gasteiger partial charge in [0.1, 0.15) is 5.75 Å². The number of amides is 1. The van der Waals surface area contributed by atoms with E-state index in [4.69, 9.17) is 10.5 Å². The topological polar surface area (TPSA) is 64.3 Å². The van der Waals surface area contributed by atoms with Gasteiger partial charge in [0.25, 0.3) is 5.91 Å². The zero-order valence-corrected chi connectivity index (χ0v) is 7.56. The average Bonchev–Trinajstić information content (AvgIpc) is 2.05. The molecule has 1 aromatic rings. The second kappa shape index (κ2) is 3.53. The van der Waals surface area contributed by atoms with Gasteiger partial charge in [-0.1, -0.05) is 0 Å². The summed E-state index contributed by atoms with van der Waals surface area (Å²) in [5.74, 6) is 0.502. The van der Waals surface area contributed by atoms with E-state index in [9.17, 15) is 4.79 Å². The number of hydrogen-bond donors (Lipinski definition) is 2. The molecule has 0 unspecified atom stereocenters. The van der Waals surface area contributed by atoms with Gasteiger partial charge in [0.2, 0.25) is 0 Å². The number of anilines is 2. The van der Waals surface area contributed by atoms with Crippen molar-refractivity contribution in [3.63, 3.8) is 0 Å². The van der Waals surface area contributed by atoms with Crippen molar-refractivity contribution in [2.75, 3.05) is 17.7 Å². The lowest BCUT2D eigenvalue weighted by molar-refractivity contribution is -0.118. The fourth-order valence-electron chi connectivity index (χ4n) is 1.09. The number of rotatable bonds is 0. The Labute approximate surface area is 81.5 Å². The van der Waals surface area contributed by atoms with Crippen molar-refractivity contribution in [3.05, 3.63) is 18.2 Å². The lowest BCUT2D eigenvalue weighted by atomic mass is 10.2. The largest absolute Gasteiger partial charge is 0.482 e. The second-order valence-electron chi connectivity index (χ2n) is 2.59. The van der Waals surface area contributed by atoms with Crippen LogP contribution in [0.5, 0.6) is 5.75 Å². The van der Waals surface area contributed by atoms with E-state index in [0.29, 0.717) is 17.1 Å². The molecule has 2 rings (SSSR count). The van der Waals surface area contributed by atoms with Gasteiger partial charge in [0, 0.05) is 11.8 Å². The molecule has 1 aliphatic heterocycles. The first-order valence-corrected chi connectivity index (χ1v) is 3.58. The first kappa shape index (κ1) is 9.67. The molecular formula is C8H9ClN2O2. The second-order valence-corrected chi connectivity index (χ2v) is 2.59. The van der Waals surface area contributed by atoms with E-state index < -0.39 is 0 Å². The highest BCUT2D eigenvalue weighted by molar-refractivity contribution is 5.95. The number of benzene rings is 1. The Morgan fingerprint density at radius 2 is 2.23 bits per heavy atom. The molecule has 4 nitrogen and oxygen atoms in total. The minimum Gasteiger partial charge on any atom is -0.482 e. The highest BCUT2D eigenvalue weighted by Crippen LogP contribution is 2.28. The van der Waals surface area contributed by atoms with Crippen LogP contribution < -0.4 is 15.8 Å². The monoisotopic (exact) mass is 200 g/mol. The van der Waals surface area contributed by atoms with E-state index in [-0.39, 0.29) is 24.9 Å². The van der Waals surface area contributed by atoms with Gasteiger partial charge >= 0.3 is 0 Å². The van der Waals surface area contributed by atoms with Crippen LogP contribution in [0.25, 0.3) is 0 Å². The molecule has 13 heavy (non-hydrogen) atoms. The van der Waals surface area contributed by atoms with Crippen LogP contribution in [0.1, 0.15) is 0 Å². The molecule has 1 aromatic carbocycles. The Bertz CT molecular complexity index is 341. The van der Waals surface area contributed by atoms with Gasteiger partial charge in [-0.15, -0.1) is 12.4 Å². The lowest BCUT2D eigenvalue weighted by Crippen LogP contribution is -2.25. The number of halogens is 1. The van der Waals surface area contributed by atoms with Crippen LogP contribution in [0, 0.1) is 0 Å². The number of nitrogens with one attached hydrogen (secondary N) is 1. The van der Waals surface area contributed by atoms with Gasteiger partial charge in [-0.2, -0.15) is 0 Å². The average molecular weight is 201 g/mol. The minimum atomic E-state index is -0.132. The van der Waals surface area contributed by atoms with Crippen LogP contribution >= 0.6 is 12.4 Å². The van der Waals surface area contributed by atoms with Gasteiger partial charge in [0.15, 0.2) is 6.61 Å². The highest BCUT2D eigenvalue weighted by atomic mass is 35.5. The molecule has 0 radical (unpaired) electrons. The maximum Gasteiger partial charge on any atom is 0.262 e. The molecule has 0 saturated carbocycles. The van der Waals surface area contributed by atoms with Crippen molar-refractivity contribution >= 4 is 29.7 Å². The van der Waals surface area contributed by atoms with Crippen LogP contribution in [0.3, 0.4) is 0 Å². The van der Waals surface area contributed by atoms with Crippen LogP contribution in [0.15, 0.2) is 18.2 Å². The fraction of sp³-hybridized carbons (Fsp3) is 0.125. The molecular weight excluding hydrogens is 192 g/mol. The van der Waals surface area contributed by atoms with Gasteiger partial charge in [-0.3, -0.25) is 4.79 Å². The number of nitrogen functional groups attached to an aromatic ring is 1. The van der Waals surface area contributed by atoms with E-state index in [0.717, 1.165) is 0 Å². The van der Waals surface area contributed by atoms with Crippen molar-refractivity contribution in [1.29, 1.82) is 0 Å². The van der Waals surface area contributed by atoms with Gasteiger partial charge < -0.3 is 15.8 Å². The minimum absolute atomic E-state index is 0. The molecule has 0 spiro atoms. The Morgan fingerprint density at radius 3 is 3.00 bits per heavy atom. The number of carbonyl (C=O) groups is 1. The molecule has 1 aliphatic rings. The van der Waals surface area contributed by atoms with E-state index in [1.807, 2.05) is 0 Å². The Balaban J connectivity index is 0.000000845. The third-order valence-electron chi connectivity index (χ3n) is 1.64. The van der Waals surface area contributed by atoms with E-state index in [2.05, 4.69) is 5.32 Å². The van der Waals surface area contributed by atoms with Crippen LogP contribution in [0.2, 0.25) is 0 Å². The predicted octanol–water partition coefficient (Wildman–Crippen LogP) is 1.02. The van der Waals surface area contributed by atoms with E-state index in [1.54, 1.807) is 18.2 Å². The third kappa shape index (κ3) is 1.84. The molecule has 0 fully saturated rings. The zero-order valence-electron chi connectivity index (χ0n) is 6.74. The fourth-order valence-corrected chi connectivity index (χ4v) is 1.09. The van der Waals surface area contributed by atoms with Gasteiger partial charge in [-0.05, 0) is 12.1 Å². The van der Waals surface area contributed by atoms with Gasteiger partial charge in [-0.25, -0.2) is 0 Å². The summed E-state index contributed by atoms with van der Waals surface area (Å²) in [6.07, 6.45) is 0. The molecule has 0 aliphatic carbocycles. The summed E-state index contributed by atoms with van der Waals surface area (Å²) in [6, 6.07) is 5.13. The molecule has 0 saturated heterocycles. The Hall–Kier alpha value is -1.42. The summed E-state index contributed by atoms with van der Waals surface area (Å²) in [7, 11) is 0. The number of fused-ring (bicyclic) bond motifs is 1. The first-order valence-electron chi connectivity index (χ1n) is 3.58. The molecule has 70 valence electrons. The van der Waals surface area contributed by atoms with E-state index >= 15 is 0 Å². The van der Waals surface area contributed by atoms with Crippen molar-refractivity contribution in [2.45, 2.75) is 0 Å². The standard InChI is InChI=1S/C8H8N2O2.ClH/c9-5-1-2-6-7(3-5)12-4-8(11)10-6;/h1-3H,4,9H2,(H,10,11);1H. The van der Waals surface area contributed by atoms with Crippen molar-refractivity contribution in [2.24, 2.45) is 0 Å². The van der Waals surface area contributed by atoms with Crippen molar-refractivity contribution in [3.8, 4) is 5.75 Å². The Kier molecular flexibility index (Phi) is 2.63. The molecule has 1 heterocycles. The van der Waals surface area contributed by atoms with Gasteiger partial charge in [0.05, 0.1) is 5.69 Å². The molecule has 0 aromatic heterocycles.